The molecule has 3 amide bonds. The van der Waals surface area contributed by atoms with E-state index < -0.39 is 40.8 Å². The molecule has 0 bridgehead atoms. The van der Waals surface area contributed by atoms with Crippen LogP contribution in [0.4, 0.5) is 10.7 Å². The van der Waals surface area contributed by atoms with Crippen molar-refractivity contribution in [1.82, 2.24) is 4.90 Å². The maximum atomic E-state index is 12.7. The highest BCUT2D eigenvalue weighted by Gasteiger charge is 2.41. The molecule has 32 heavy (non-hydrogen) atoms. The van der Waals surface area contributed by atoms with Crippen LogP contribution >= 0.6 is 11.3 Å². The van der Waals surface area contributed by atoms with Gasteiger partial charge in [-0.05, 0) is 36.3 Å². The molecule has 2 heterocycles. The Balaban J connectivity index is 1.82. The van der Waals surface area contributed by atoms with Gasteiger partial charge in [-0.15, -0.1) is 11.3 Å². The van der Waals surface area contributed by atoms with Crippen molar-refractivity contribution in [3.63, 3.8) is 0 Å². The normalized spacial score (nSPS) is 12.8. The maximum Gasteiger partial charge on any atom is 0.341 e. The van der Waals surface area contributed by atoms with Crippen molar-refractivity contribution >= 4 is 45.7 Å². The molecular formula is C21H21N3O7S. The van der Waals surface area contributed by atoms with Gasteiger partial charge in [0.05, 0.1) is 22.7 Å². The number of anilines is 1. The van der Waals surface area contributed by atoms with Crippen molar-refractivity contribution in [2.24, 2.45) is 5.92 Å². The van der Waals surface area contributed by atoms with Gasteiger partial charge in [0, 0.05) is 6.07 Å². The lowest BCUT2D eigenvalue weighted by atomic mass is 10.0. The summed E-state index contributed by atoms with van der Waals surface area (Å²) in [4.78, 5) is 61.5. The van der Waals surface area contributed by atoms with E-state index >= 15 is 0 Å². The molecule has 1 aromatic carbocycles. The maximum absolute atomic E-state index is 12.7. The first-order chi connectivity index (χ1) is 15.1. The van der Waals surface area contributed by atoms with E-state index in [1.54, 1.807) is 12.3 Å². The molecule has 11 heteroatoms. The molecule has 1 aromatic heterocycles. The fourth-order valence-electron chi connectivity index (χ4n) is 3.42. The number of rotatable bonds is 8. The van der Waals surface area contributed by atoms with Crippen LogP contribution in [-0.2, 0) is 16.0 Å². The molecule has 1 aliphatic rings. The summed E-state index contributed by atoms with van der Waals surface area (Å²) in [6, 6.07) is 3.73. The van der Waals surface area contributed by atoms with Gasteiger partial charge < -0.3 is 10.1 Å². The molecule has 0 unspecified atom stereocenters. The number of carbonyl (C=O) groups excluding carboxylic acids is 4. The summed E-state index contributed by atoms with van der Waals surface area (Å²) in [5, 5.41) is 15.8. The number of ether oxygens (including phenoxy) is 1. The SMILES string of the molecule is CCOC(=O)c1c(CC(C)C)csc1NC(=O)CN1C(=O)c2cccc([N+](=O)[O-])c2C1=O. The fraction of sp³-hybridized carbons (Fsp3) is 0.333. The molecule has 0 spiro atoms. The van der Waals surface area contributed by atoms with Crippen LogP contribution in [0.3, 0.4) is 0 Å². The zero-order chi connectivity index (χ0) is 23.6. The van der Waals surface area contributed by atoms with Gasteiger partial charge in [-0.3, -0.25) is 29.4 Å². The smallest absolute Gasteiger partial charge is 0.341 e. The zero-order valence-corrected chi connectivity index (χ0v) is 18.5. The van der Waals surface area contributed by atoms with Crippen molar-refractivity contribution < 1.29 is 28.8 Å². The van der Waals surface area contributed by atoms with Gasteiger partial charge in [0.25, 0.3) is 17.5 Å². The minimum Gasteiger partial charge on any atom is -0.462 e. The summed E-state index contributed by atoms with van der Waals surface area (Å²) in [6.45, 7) is 5.17. The van der Waals surface area contributed by atoms with E-state index in [1.165, 1.54) is 12.1 Å². The van der Waals surface area contributed by atoms with Crippen LogP contribution in [0.2, 0.25) is 0 Å². The van der Waals surface area contributed by atoms with Gasteiger partial charge in [0.1, 0.15) is 17.1 Å². The number of carbonyl (C=O) groups is 4. The van der Waals surface area contributed by atoms with E-state index in [-0.39, 0.29) is 34.2 Å². The van der Waals surface area contributed by atoms with Crippen LogP contribution in [0.25, 0.3) is 0 Å². The highest BCUT2D eigenvalue weighted by molar-refractivity contribution is 7.15. The van der Waals surface area contributed by atoms with Crippen LogP contribution < -0.4 is 5.32 Å². The molecule has 0 radical (unpaired) electrons. The van der Waals surface area contributed by atoms with E-state index in [0.29, 0.717) is 11.3 Å². The second-order valence-corrected chi connectivity index (χ2v) is 8.36. The Labute approximate surface area is 187 Å². The minimum absolute atomic E-state index is 0.125. The second kappa shape index (κ2) is 9.27. The molecule has 168 valence electrons. The van der Waals surface area contributed by atoms with E-state index in [4.69, 9.17) is 4.74 Å². The third-order valence-electron chi connectivity index (χ3n) is 4.70. The molecular weight excluding hydrogens is 438 g/mol. The Kier molecular flexibility index (Phi) is 6.68. The number of nitrogens with zero attached hydrogens (tertiary/aromatic N) is 2. The number of esters is 1. The average Bonchev–Trinajstić information content (AvgIpc) is 3.21. The summed E-state index contributed by atoms with van der Waals surface area (Å²) in [7, 11) is 0. The number of amides is 3. The van der Waals surface area contributed by atoms with E-state index in [1.807, 2.05) is 13.8 Å². The number of hydrogen-bond acceptors (Lipinski definition) is 8. The topological polar surface area (TPSA) is 136 Å². The number of nitrogens with one attached hydrogen (secondary N) is 1. The first-order valence-electron chi connectivity index (χ1n) is 9.86. The Hall–Kier alpha value is -3.60. The highest BCUT2D eigenvalue weighted by atomic mass is 32.1. The van der Waals surface area contributed by atoms with Crippen molar-refractivity contribution in [2.45, 2.75) is 27.2 Å². The summed E-state index contributed by atoms with van der Waals surface area (Å²) in [5.74, 6) is -2.73. The van der Waals surface area contributed by atoms with E-state index in [2.05, 4.69) is 5.32 Å². The van der Waals surface area contributed by atoms with Gasteiger partial charge in [-0.2, -0.15) is 0 Å². The Morgan fingerprint density at radius 1 is 1.25 bits per heavy atom. The van der Waals surface area contributed by atoms with Crippen molar-refractivity contribution in [1.29, 1.82) is 0 Å². The van der Waals surface area contributed by atoms with Crippen LogP contribution in [0, 0.1) is 16.0 Å². The van der Waals surface area contributed by atoms with Gasteiger partial charge in [0.2, 0.25) is 5.91 Å². The number of nitro benzene ring substituents is 1. The average molecular weight is 459 g/mol. The third kappa shape index (κ3) is 4.37. The van der Waals surface area contributed by atoms with Gasteiger partial charge in [0.15, 0.2) is 0 Å². The Morgan fingerprint density at radius 2 is 1.97 bits per heavy atom. The van der Waals surface area contributed by atoms with E-state index in [9.17, 15) is 29.3 Å². The molecule has 3 rings (SSSR count). The van der Waals surface area contributed by atoms with Crippen LogP contribution in [0.15, 0.2) is 23.6 Å². The lowest BCUT2D eigenvalue weighted by Gasteiger charge is -2.14. The third-order valence-corrected chi connectivity index (χ3v) is 5.65. The van der Waals surface area contributed by atoms with Gasteiger partial charge in [-0.1, -0.05) is 19.9 Å². The number of fused-ring (bicyclic) bond motifs is 1. The predicted octanol–water partition coefficient (Wildman–Crippen LogP) is 3.27. The molecule has 1 N–H and O–H groups in total. The lowest BCUT2D eigenvalue weighted by Crippen LogP contribution is -2.37. The number of hydrogen-bond donors (Lipinski definition) is 1. The Morgan fingerprint density at radius 3 is 2.59 bits per heavy atom. The standard InChI is InChI=1S/C21H21N3O7S/c1-4-31-21(28)16-12(8-11(2)3)10-32-18(16)22-15(25)9-23-19(26)13-6-5-7-14(24(29)30)17(13)20(23)27/h5-7,10-11H,4,8-9H2,1-3H3,(H,22,25). The predicted molar refractivity (Wildman–Crippen MR) is 116 cm³/mol. The Bertz CT molecular complexity index is 1120. The summed E-state index contributed by atoms with van der Waals surface area (Å²) < 4.78 is 5.11. The number of thiophene rings is 1. The lowest BCUT2D eigenvalue weighted by molar-refractivity contribution is -0.385. The zero-order valence-electron chi connectivity index (χ0n) is 17.7. The quantitative estimate of drug-likeness (QED) is 0.277. The summed E-state index contributed by atoms with van der Waals surface area (Å²) in [6.07, 6.45) is 0.600. The fourth-order valence-corrected chi connectivity index (χ4v) is 4.40. The molecule has 0 saturated carbocycles. The van der Waals surface area contributed by atoms with Gasteiger partial charge >= 0.3 is 5.97 Å². The van der Waals surface area contributed by atoms with Crippen LogP contribution in [0.1, 0.15) is 57.4 Å². The molecule has 10 nitrogen and oxygen atoms in total. The molecule has 2 aromatic rings. The number of benzene rings is 1. The van der Waals surface area contributed by atoms with Crippen LogP contribution in [0.5, 0.6) is 0 Å². The molecule has 0 saturated heterocycles. The van der Waals surface area contributed by atoms with E-state index in [0.717, 1.165) is 23.0 Å². The summed E-state index contributed by atoms with van der Waals surface area (Å²) in [5.41, 5.74) is 0.0226. The van der Waals surface area contributed by atoms with Gasteiger partial charge in [-0.25, -0.2) is 4.79 Å². The van der Waals surface area contributed by atoms with Crippen molar-refractivity contribution in [2.75, 3.05) is 18.5 Å². The second-order valence-electron chi connectivity index (χ2n) is 7.48. The molecule has 0 atom stereocenters. The van der Waals surface area contributed by atoms with Crippen molar-refractivity contribution in [3.05, 3.63) is 55.9 Å². The van der Waals surface area contributed by atoms with Crippen molar-refractivity contribution in [3.8, 4) is 0 Å². The first kappa shape index (κ1) is 23.1. The number of imide groups is 1. The molecule has 1 aliphatic heterocycles. The molecule has 0 fully saturated rings. The number of nitro groups is 1. The molecule has 0 aliphatic carbocycles. The van der Waals surface area contributed by atoms with Crippen LogP contribution in [-0.4, -0.2) is 46.7 Å². The highest BCUT2D eigenvalue weighted by Crippen LogP contribution is 2.32. The summed E-state index contributed by atoms with van der Waals surface area (Å²) >= 11 is 1.14. The first-order valence-corrected chi connectivity index (χ1v) is 10.7. The largest absolute Gasteiger partial charge is 0.462 e. The minimum atomic E-state index is -0.912. The monoisotopic (exact) mass is 459 g/mol.